The average molecular weight is 600 g/mol. The van der Waals surface area contributed by atoms with Crippen LogP contribution < -0.4 is 15.8 Å². The van der Waals surface area contributed by atoms with Crippen molar-refractivity contribution in [3.8, 4) is 0 Å². The van der Waals surface area contributed by atoms with Gasteiger partial charge in [-0.15, -0.1) is 0 Å². The first kappa shape index (κ1) is 24.9. The Morgan fingerprint density at radius 1 is 1.12 bits per heavy atom. The molecule has 1 aliphatic rings. The van der Waals surface area contributed by atoms with Gasteiger partial charge in [0.1, 0.15) is 5.69 Å². The number of halogens is 4. The SMILES string of the molecule is NCCC(=O)N1CCN(S(=O)(=O)Nc2ccc(F)c(F)c2Nc2ccc(I)cc2Cl)CC1. The van der Waals surface area contributed by atoms with Crippen LogP contribution in [0.5, 0.6) is 0 Å². The van der Waals surface area contributed by atoms with Crippen LogP contribution in [0.4, 0.5) is 25.8 Å². The minimum atomic E-state index is -4.10. The number of rotatable bonds is 7. The van der Waals surface area contributed by atoms with Gasteiger partial charge in [-0.3, -0.25) is 9.52 Å². The van der Waals surface area contributed by atoms with Crippen molar-refractivity contribution in [3.05, 3.63) is 50.6 Å². The molecule has 0 saturated carbocycles. The van der Waals surface area contributed by atoms with Crippen molar-refractivity contribution in [2.45, 2.75) is 6.42 Å². The Morgan fingerprint density at radius 3 is 2.41 bits per heavy atom. The second kappa shape index (κ2) is 10.5. The van der Waals surface area contributed by atoms with Crippen molar-refractivity contribution in [3.63, 3.8) is 0 Å². The molecule has 8 nitrogen and oxygen atoms in total. The smallest absolute Gasteiger partial charge is 0.301 e. The number of anilines is 3. The fraction of sp³-hybridized carbons (Fsp3) is 0.316. The lowest BCUT2D eigenvalue weighted by Gasteiger charge is -2.34. The molecule has 0 aliphatic carbocycles. The quantitative estimate of drug-likeness (QED) is 0.424. The molecule has 4 N–H and O–H groups in total. The molecule has 0 radical (unpaired) electrons. The second-order valence-corrected chi connectivity index (χ2v) is 10.3. The number of amides is 1. The maximum Gasteiger partial charge on any atom is 0.301 e. The molecule has 32 heavy (non-hydrogen) atoms. The van der Waals surface area contributed by atoms with E-state index in [0.717, 1.165) is 20.0 Å². The number of carbonyl (C=O) groups excluding carboxylic acids is 1. The summed E-state index contributed by atoms with van der Waals surface area (Å²) >= 11 is 8.22. The largest absolute Gasteiger partial charge is 0.350 e. The van der Waals surface area contributed by atoms with Crippen molar-refractivity contribution in [2.75, 3.05) is 42.8 Å². The molecule has 0 aromatic heterocycles. The predicted molar refractivity (Wildman–Crippen MR) is 128 cm³/mol. The molecule has 0 atom stereocenters. The van der Waals surface area contributed by atoms with Crippen molar-refractivity contribution < 1.29 is 22.0 Å². The number of hydrogen-bond acceptors (Lipinski definition) is 5. The summed E-state index contributed by atoms with van der Waals surface area (Å²) in [5.41, 5.74) is 5.10. The molecule has 174 valence electrons. The van der Waals surface area contributed by atoms with Crippen LogP contribution in [0.3, 0.4) is 0 Å². The second-order valence-electron chi connectivity index (χ2n) is 6.96. The van der Waals surface area contributed by atoms with Crippen LogP contribution in [0.25, 0.3) is 0 Å². The Balaban J connectivity index is 1.81. The summed E-state index contributed by atoms with van der Waals surface area (Å²) in [6.45, 7) is 0.749. The molecule has 2 aromatic carbocycles. The maximum absolute atomic E-state index is 14.6. The molecular weight excluding hydrogens is 579 g/mol. The zero-order chi connectivity index (χ0) is 23.5. The van der Waals surface area contributed by atoms with E-state index in [2.05, 4.69) is 32.6 Å². The van der Waals surface area contributed by atoms with Crippen molar-refractivity contribution in [2.24, 2.45) is 5.73 Å². The number of benzene rings is 2. The minimum absolute atomic E-state index is 0.0566. The lowest BCUT2D eigenvalue weighted by atomic mass is 10.2. The highest BCUT2D eigenvalue weighted by atomic mass is 127. The summed E-state index contributed by atoms with van der Waals surface area (Å²) in [4.78, 5) is 13.5. The number of hydrogen-bond donors (Lipinski definition) is 3. The third kappa shape index (κ3) is 5.78. The standard InChI is InChI=1S/C19H21ClF2IN5O3S/c20-13-11-12(23)1-3-15(13)25-19-16(4-2-14(21)18(19)22)26-32(30,31)28-9-7-27(8-10-28)17(29)5-6-24/h1-4,11,25-26H,5-10,24H2. The van der Waals surface area contributed by atoms with Gasteiger partial charge in [0.25, 0.3) is 0 Å². The third-order valence-electron chi connectivity index (χ3n) is 4.81. The topological polar surface area (TPSA) is 108 Å². The Hall–Kier alpha value is -1.74. The van der Waals surface area contributed by atoms with Crippen molar-refractivity contribution in [1.82, 2.24) is 9.21 Å². The highest BCUT2D eigenvalue weighted by molar-refractivity contribution is 14.1. The normalized spacial score (nSPS) is 15.0. The first-order valence-electron chi connectivity index (χ1n) is 9.58. The monoisotopic (exact) mass is 599 g/mol. The molecule has 0 spiro atoms. The van der Waals surface area contributed by atoms with E-state index in [1.54, 1.807) is 23.1 Å². The van der Waals surface area contributed by atoms with Gasteiger partial charge in [0.15, 0.2) is 11.6 Å². The Morgan fingerprint density at radius 2 is 1.78 bits per heavy atom. The van der Waals surface area contributed by atoms with Crippen LogP contribution in [0.15, 0.2) is 30.3 Å². The Bertz CT molecular complexity index is 1110. The first-order chi connectivity index (χ1) is 15.1. The molecule has 13 heteroatoms. The molecule has 2 aromatic rings. The Kier molecular flexibility index (Phi) is 8.14. The third-order valence-corrected chi connectivity index (χ3v) is 7.32. The van der Waals surface area contributed by atoms with Crippen LogP contribution in [-0.2, 0) is 15.0 Å². The van der Waals surface area contributed by atoms with E-state index in [0.29, 0.717) is 0 Å². The summed E-state index contributed by atoms with van der Waals surface area (Å²) in [5, 5.41) is 2.94. The molecule has 1 amide bonds. The summed E-state index contributed by atoms with van der Waals surface area (Å²) in [5.74, 6) is -2.54. The zero-order valence-electron chi connectivity index (χ0n) is 16.7. The van der Waals surface area contributed by atoms with Gasteiger partial charge in [-0.2, -0.15) is 12.7 Å². The highest BCUT2D eigenvalue weighted by Crippen LogP contribution is 2.34. The maximum atomic E-state index is 14.6. The van der Waals surface area contributed by atoms with Gasteiger partial charge in [0.2, 0.25) is 5.91 Å². The van der Waals surface area contributed by atoms with Crippen LogP contribution in [0.2, 0.25) is 5.02 Å². The molecule has 0 unspecified atom stereocenters. The minimum Gasteiger partial charge on any atom is -0.350 e. The average Bonchev–Trinajstić information content (AvgIpc) is 2.75. The van der Waals surface area contributed by atoms with Gasteiger partial charge in [-0.25, -0.2) is 8.78 Å². The molecule has 0 bridgehead atoms. The van der Waals surface area contributed by atoms with E-state index in [1.165, 1.54) is 0 Å². The number of nitrogens with one attached hydrogen (secondary N) is 2. The predicted octanol–water partition coefficient (Wildman–Crippen LogP) is 3.12. The van der Waals surface area contributed by atoms with E-state index < -0.39 is 27.5 Å². The van der Waals surface area contributed by atoms with Crippen LogP contribution in [-0.4, -0.2) is 56.3 Å². The molecule has 3 rings (SSSR count). The summed E-state index contributed by atoms with van der Waals surface area (Å²) in [7, 11) is -4.10. The molecular formula is C19H21ClF2IN5O3S. The summed E-state index contributed by atoms with van der Waals surface area (Å²) in [6, 6.07) is 6.86. The van der Waals surface area contributed by atoms with Gasteiger partial charge >= 0.3 is 10.2 Å². The van der Waals surface area contributed by atoms with E-state index >= 15 is 0 Å². The van der Waals surface area contributed by atoms with Gasteiger partial charge in [-0.05, 0) is 52.9 Å². The van der Waals surface area contributed by atoms with Gasteiger partial charge in [0, 0.05) is 42.7 Å². The van der Waals surface area contributed by atoms with Crippen LogP contribution >= 0.6 is 34.2 Å². The van der Waals surface area contributed by atoms with E-state index in [9.17, 15) is 22.0 Å². The lowest BCUT2D eigenvalue weighted by Crippen LogP contribution is -2.52. The zero-order valence-corrected chi connectivity index (χ0v) is 20.5. The van der Waals surface area contributed by atoms with Crippen molar-refractivity contribution >= 4 is 67.4 Å². The van der Waals surface area contributed by atoms with E-state index in [-0.39, 0.29) is 61.4 Å². The van der Waals surface area contributed by atoms with Crippen LogP contribution in [0, 0.1) is 15.2 Å². The number of piperazine rings is 1. The number of nitrogens with zero attached hydrogens (tertiary/aromatic N) is 2. The molecule has 1 saturated heterocycles. The van der Waals surface area contributed by atoms with Gasteiger partial charge in [0.05, 0.1) is 16.4 Å². The molecule has 1 aliphatic heterocycles. The van der Waals surface area contributed by atoms with Crippen molar-refractivity contribution in [1.29, 1.82) is 0 Å². The number of carbonyl (C=O) groups is 1. The number of nitrogens with two attached hydrogens (primary N) is 1. The van der Waals surface area contributed by atoms with Gasteiger partial charge in [-0.1, -0.05) is 11.6 Å². The summed E-state index contributed by atoms with van der Waals surface area (Å²) in [6.07, 6.45) is 0.190. The fourth-order valence-corrected chi connectivity index (χ4v) is 5.27. The lowest BCUT2D eigenvalue weighted by molar-refractivity contribution is -0.132. The Labute approximate surface area is 203 Å². The van der Waals surface area contributed by atoms with E-state index in [4.69, 9.17) is 17.3 Å². The molecule has 1 fully saturated rings. The highest BCUT2D eigenvalue weighted by Gasteiger charge is 2.30. The van der Waals surface area contributed by atoms with Crippen LogP contribution in [0.1, 0.15) is 6.42 Å². The fourth-order valence-electron chi connectivity index (χ4n) is 3.15. The first-order valence-corrected chi connectivity index (χ1v) is 12.5. The van der Waals surface area contributed by atoms with Gasteiger partial charge < -0.3 is 16.0 Å². The van der Waals surface area contributed by atoms with E-state index in [1.807, 2.05) is 0 Å². The summed E-state index contributed by atoms with van der Waals surface area (Å²) < 4.78 is 58.6. The molecule has 1 heterocycles.